The van der Waals surface area contributed by atoms with Crippen molar-refractivity contribution in [3.05, 3.63) is 86.7 Å². The van der Waals surface area contributed by atoms with Crippen LogP contribution in [0.4, 0.5) is 9.18 Å². The molecular weight excluding hydrogens is 603 g/mol. The van der Waals surface area contributed by atoms with Crippen molar-refractivity contribution in [2.45, 2.75) is 45.7 Å². The van der Waals surface area contributed by atoms with E-state index in [0.29, 0.717) is 26.3 Å². The molecule has 8 nitrogen and oxygen atoms in total. The second-order valence-corrected chi connectivity index (χ2v) is 12.2. The van der Waals surface area contributed by atoms with Crippen molar-refractivity contribution in [3.8, 4) is 11.3 Å². The highest BCUT2D eigenvalue weighted by molar-refractivity contribution is 9.10. The number of carboxylic acid groups (broad SMARTS) is 1. The molecule has 4 rings (SSSR count). The van der Waals surface area contributed by atoms with Crippen LogP contribution in [0, 0.1) is 18.2 Å². The Bertz CT molecular complexity index is 1510. The maximum Gasteiger partial charge on any atom is 0.411 e. The number of halogens is 3. The fourth-order valence-electron chi connectivity index (χ4n) is 5.06. The van der Waals surface area contributed by atoms with Gasteiger partial charge in [0.15, 0.2) is 5.54 Å². The van der Waals surface area contributed by atoms with E-state index in [1.165, 1.54) is 12.1 Å². The van der Waals surface area contributed by atoms with E-state index in [2.05, 4.69) is 31.2 Å². The number of aliphatic hydroxyl groups excluding tert-OH is 1. The number of pyridine rings is 1. The molecule has 2 atom stereocenters. The van der Waals surface area contributed by atoms with Gasteiger partial charge in [-0.3, -0.25) is 20.0 Å². The van der Waals surface area contributed by atoms with Gasteiger partial charge in [-0.25, -0.2) is 14.2 Å². The highest BCUT2D eigenvalue weighted by Gasteiger charge is 2.55. The third kappa shape index (κ3) is 5.75. The zero-order valence-electron chi connectivity index (χ0n) is 22.4. The average molecular weight is 632 g/mol. The van der Waals surface area contributed by atoms with Gasteiger partial charge in [-0.15, -0.1) is 0 Å². The van der Waals surface area contributed by atoms with E-state index in [1.807, 2.05) is 33.8 Å². The summed E-state index contributed by atoms with van der Waals surface area (Å²) >= 11 is 9.77. The van der Waals surface area contributed by atoms with Gasteiger partial charge < -0.3 is 10.2 Å². The molecule has 0 radical (unpaired) electrons. The Kier molecular flexibility index (Phi) is 8.35. The Balaban J connectivity index is 1.91. The van der Waals surface area contributed by atoms with E-state index >= 15 is 4.39 Å². The molecule has 210 valence electrons. The lowest BCUT2D eigenvalue weighted by Gasteiger charge is -2.34. The number of carbonyl (C=O) groups is 2. The number of amides is 2. The second kappa shape index (κ2) is 11.3. The summed E-state index contributed by atoms with van der Waals surface area (Å²) in [6, 6.07) is 11.9. The molecule has 1 unspecified atom stereocenters. The number of aryl methyl sites for hydroxylation is 1. The number of aliphatic hydroxyl groups is 1. The SMILES string of the molecule is Cc1cccnc1-c1cc(C(CO)N2C(=O)[C@@](CC(C)(C)C)(c3ccc(Br)cc3F)N=C2NC(=O)O)ccc1Cl. The van der Waals surface area contributed by atoms with Crippen LogP contribution < -0.4 is 5.32 Å². The Morgan fingerprint density at radius 3 is 2.55 bits per heavy atom. The highest BCUT2D eigenvalue weighted by Crippen LogP contribution is 2.46. The van der Waals surface area contributed by atoms with Gasteiger partial charge in [0, 0.05) is 26.8 Å². The first-order valence-corrected chi connectivity index (χ1v) is 13.7. The number of nitrogens with one attached hydrogen (secondary N) is 1. The lowest BCUT2D eigenvalue weighted by Crippen LogP contribution is -2.49. The van der Waals surface area contributed by atoms with E-state index in [9.17, 15) is 19.8 Å². The van der Waals surface area contributed by atoms with Crippen molar-refractivity contribution in [1.82, 2.24) is 15.2 Å². The van der Waals surface area contributed by atoms with Crippen LogP contribution in [0.15, 0.2) is 64.2 Å². The molecule has 3 aromatic rings. The summed E-state index contributed by atoms with van der Waals surface area (Å²) in [5, 5.41) is 22.8. The smallest absolute Gasteiger partial charge is 0.411 e. The van der Waals surface area contributed by atoms with Gasteiger partial charge in [-0.05, 0) is 60.2 Å². The normalized spacial score (nSPS) is 18.1. The van der Waals surface area contributed by atoms with Crippen LogP contribution in [0.2, 0.25) is 5.02 Å². The third-order valence-electron chi connectivity index (χ3n) is 6.60. The molecule has 1 aromatic heterocycles. The largest absolute Gasteiger partial charge is 0.465 e. The predicted molar refractivity (Wildman–Crippen MR) is 155 cm³/mol. The average Bonchev–Trinajstić information content (AvgIpc) is 3.10. The molecule has 3 N–H and O–H groups in total. The molecule has 11 heteroatoms. The molecule has 40 heavy (non-hydrogen) atoms. The fourth-order valence-corrected chi connectivity index (χ4v) is 5.60. The van der Waals surface area contributed by atoms with E-state index in [4.69, 9.17) is 11.6 Å². The molecule has 2 amide bonds. The van der Waals surface area contributed by atoms with E-state index in [1.54, 1.807) is 36.5 Å². The van der Waals surface area contributed by atoms with Crippen molar-refractivity contribution in [1.29, 1.82) is 0 Å². The summed E-state index contributed by atoms with van der Waals surface area (Å²) in [5.41, 5.74) is 0.206. The molecule has 0 saturated heterocycles. The zero-order valence-corrected chi connectivity index (χ0v) is 24.7. The molecular formula is C29H29BrClFN4O4. The Morgan fingerprint density at radius 1 is 1.23 bits per heavy atom. The van der Waals surface area contributed by atoms with E-state index < -0.39 is 41.4 Å². The Labute approximate surface area is 245 Å². The molecule has 0 bridgehead atoms. The minimum absolute atomic E-state index is 0.000379. The summed E-state index contributed by atoms with van der Waals surface area (Å²) in [6.07, 6.45) is 0.237. The third-order valence-corrected chi connectivity index (χ3v) is 7.43. The molecule has 0 fully saturated rings. The number of rotatable bonds is 6. The number of hydrogen-bond acceptors (Lipinski definition) is 5. The van der Waals surface area contributed by atoms with Crippen molar-refractivity contribution < 1.29 is 24.2 Å². The van der Waals surface area contributed by atoms with Crippen molar-refractivity contribution in [2.75, 3.05) is 6.61 Å². The number of guanidine groups is 1. The predicted octanol–water partition coefficient (Wildman–Crippen LogP) is 6.44. The molecule has 0 spiro atoms. The molecule has 1 aliphatic heterocycles. The molecule has 2 aromatic carbocycles. The van der Waals surface area contributed by atoms with Gasteiger partial charge in [0.05, 0.1) is 18.3 Å². The first-order chi connectivity index (χ1) is 18.8. The van der Waals surface area contributed by atoms with Crippen LogP contribution in [0.25, 0.3) is 11.3 Å². The standard InChI is InChI=1S/C29H29BrClFN4O4/c1-16-6-5-11-33-24(16)19-12-17(7-10-21(19)31)23(14-37)36-25(38)29(15-28(2,3)4,35-26(36)34-27(39)40)20-9-8-18(30)13-22(20)32/h5-13,23,37H,14-15H2,1-4H3,(H,34,35)(H,39,40)/t23?,29-/m1/s1. The lowest BCUT2D eigenvalue weighted by atomic mass is 9.75. The van der Waals surface area contributed by atoms with Crippen molar-refractivity contribution >= 4 is 45.5 Å². The van der Waals surface area contributed by atoms with Gasteiger partial charge in [0.2, 0.25) is 5.96 Å². The van der Waals surface area contributed by atoms with Crippen LogP contribution in [-0.4, -0.2) is 44.7 Å². The molecule has 0 aliphatic carbocycles. The maximum atomic E-state index is 15.5. The quantitative estimate of drug-likeness (QED) is 0.290. The lowest BCUT2D eigenvalue weighted by molar-refractivity contribution is -0.135. The fraction of sp³-hybridized carbons (Fsp3) is 0.310. The maximum absolute atomic E-state index is 15.5. The summed E-state index contributed by atoms with van der Waals surface area (Å²) in [4.78, 5) is 36.4. The number of carbonyl (C=O) groups excluding carboxylic acids is 1. The number of aromatic nitrogens is 1. The first-order valence-electron chi connectivity index (χ1n) is 12.5. The van der Waals surface area contributed by atoms with Crippen LogP contribution >= 0.6 is 27.5 Å². The number of nitrogens with zero attached hydrogens (tertiary/aromatic N) is 3. The second-order valence-electron chi connectivity index (χ2n) is 10.9. The summed E-state index contributed by atoms with van der Waals surface area (Å²) < 4.78 is 15.9. The van der Waals surface area contributed by atoms with Crippen LogP contribution in [0.5, 0.6) is 0 Å². The van der Waals surface area contributed by atoms with Gasteiger partial charge in [-0.2, -0.15) is 0 Å². The van der Waals surface area contributed by atoms with Gasteiger partial charge in [0.1, 0.15) is 5.82 Å². The number of aliphatic imine (C=N–C) groups is 1. The van der Waals surface area contributed by atoms with Gasteiger partial charge >= 0.3 is 6.09 Å². The van der Waals surface area contributed by atoms with Crippen LogP contribution in [-0.2, 0) is 10.3 Å². The minimum atomic E-state index is -1.79. The highest BCUT2D eigenvalue weighted by atomic mass is 79.9. The molecule has 1 aliphatic rings. The summed E-state index contributed by atoms with van der Waals surface area (Å²) in [7, 11) is 0. The van der Waals surface area contributed by atoms with Gasteiger partial charge in [0.25, 0.3) is 5.91 Å². The Morgan fingerprint density at radius 2 is 1.95 bits per heavy atom. The van der Waals surface area contributed by atoms with Crippen LogP contribution in [0.3, 0.4) is 0 Å². The minimum Gasteiger partial charge on any atom is -0.465 e. The molecule has 2 heterocycles. The zero-order chi connectivity index (χ0) is 29.4. The van der Waals surface area contributed by atoms with E-state index in [-0.39, 0.29) is 17.9 Å². The first kappa shape index (κ1) is 29.6. The van der Waals surface area contributed by atoms with Crippen LogP contribution in [0.1, 0.15) is 49.9 Å². The Hall–Kier alpha value is -3.34. The van der Waals surface area contributed by atoms with E-state index in [0.717, 1.165) is 10.5 Å². The topological polar surface area (TPSA) is 115 Å². The summed E-state index contributed by atoms with van der Waals surface area (Å²) in [5.74, 6) is -1.65. The monoisotopic (exact) mass is 630 g/mol. The van der Waals surface area contributed by atoms with Crippen molar-refractivity contribution in [2.24, 2.45) is 10.4 Å². The number of benzene rings is 2. The molecule has 0 saturated carbocycles. The summed E-state index contributed by atoms with van der Waals surface area (Å²) in [6.45, 7) is 6.94. The van der Waals surface area contributed by atoms with Crippen molar-refractivity contribution in [3.63, 3.8) is 0 Å². The van der Waals surface area contributed by atoms with Gasteiger partial charge in [-0.1, -0.05) is 66.5 Å². The number of hydrogen-bond donors (Lipinski definition) is 3.